The summed E-state index contributed by atoms with van der Waals surface area (Å²) in [5, 5.41) is 5.18. The van der Waals surface area contributed by atoms with Crippen molar-refractivity contribution in [3.8, 4) is 0 Å². The molecule has 3 nitrogen and oxygen atoms in total. The number of hydrogen-bond donors (Lipinski definition) is 2. The first-order valence-electron chi connectivity index (χ1n) is 6.97. The normalized spacial score (nSPS) is 12.8. The van der Waals surface area contributed by atoms with Crippen LogP contribution in [0, 0.1) is 5.82 Å². The van der Waals surface area contributed by atoms with Crippen molar-refractivity contribution in [2.45, 2.75) is 9.96 Å². The summed E-state index contributed by atoms with van der Waals surface area (Å²) < 4.78 is 11.9. The van der Waals surface area contributed by atoms with E-state index in [-0.39, 0.29) is 5.69 Å². The fourth-order valence-corrected chi connectivity index (χ4v) is 2.19. The minimum Gasteiger partial charge on any atom is -0.359 e. The summed E-state index contributed by atoms with van der Waals surface area (Å²) in [5.41, 5.74) is 0.960. The van der Waals surface area contributed by atoms with Crippen LogP contribution in [-0.2, 0) is 4.79 Å². The smallest absolute Gasteiger partial charge is 0.245 e. The summed E-state index contributed by atoms with van der Waals surface area (Å²) >= 11 is 17.6. The summed E-state index contributed by atoms with van der Waals surface area (Å²) in [5.74, 6) is -1.01. The molecule has 2 aromatic carbocycles. The van der Waals surface area contributed by atoms with E-state index in [0.29, 0.717) is 0 Å². The van der Waals surface area contributed by atoms with Gasteiger partial charge in [0.2, 0.25) is 9.70 Å². The van der Waals surface area contributed by atoms with Gasteiger partial charge in [0, 0.05) is 6.08 Å². The van der Waals surface area contributed by atoms with E-state index in [2.05, 4.69) is 10.6 Å². The Balaban J connectivity index is 2.08. The third-order valence-corrected chi connectivity index (χ3v) is 3.67. The molecule has 0 aliphatic rings. The van der Waals surface area contributed by atoms with Crippen LogP contribution in [0.5, 0.6) is 0 Å². The number of benzene rings is 2. The molecule has 0 aromatic heterocycles. The van der Waals surface area contributed by atoms with Gasteiger partial charge in [-0.25, -0.2) is 4.39 Å². The molecule has 0 bridgehead atoms. The molecule has 0 aliphatic carbocycles. The lowest BCUT2D eigenvalue weighted by Crippen LogP contribution is -2.48. The molecule has 0 aliphatic heterocycles. The van der Waals surface area contributed by atoms with Gasteiger partial charge in [0.1, 0.15) is 12.0 Å². The van der Waals surface area contributed by atoms with Gasteiger partial charge in [-0.15, -0.1) is 0 Å². The summed E-state index contributed by atoms with van der Waals surface area (Å²) in [6, 6.07) is 15.1. The van der Waals surface area contributed by atoms with Crippen molar-refractivity contribution in [1.82, 2.24) is 5.32 Å². The minimum absolute atomic E-state index is 0.112. The summed E-state index contributed by atoms with van der Waals surface area (Å²) in [6.07, 6.45) is 1.81. The van der Waals surface area contributed by atoms with Crippen LogP contribution < -0.4 is 10.6 Å². The lowest BCUT2D eigenvalue weighted by Gasteiger charge is -2.27. The molecule has 7 heteroatoms. The molecule has 0 saturated carbocycles. The van der Waals surface area contributed by atoms with E-state index in [1.165, 1.54) is 24.3 Å². The predicted molar refractivity (Wildman–Crippen MR) is 97.7 cm³/mol. The monoisotopic (exact) mass is 386 g/mol. The zero-order valence-corrected chi connectivity index (χ0v) is 14.6. The summed E-state index contributed by atoms with van der Waals surface area (Å²) in [4.78, 5) is 12.0. The van der Waals surface area contributed by atoms with E-state index in [1.807, 2.05) is 30.3 Å². The van der Waals surface area contributed by atoms with Gasteiger partial charge in [-0.05, 0) is 23.8 Å². The van der Waals surface area contributed by atoms with Crippen LogP contribution in [0.2, 0.25) is 0 Å². The number of anilines is 1. The number of carbonyl (C=O) groups excluding carboxylic acids is 1. The lowest BCUT2D eigenvalue weighted by molar-refractivity contribution is -0.116. The van der Waals surface area contributed by atoms with Crippen LogP contribution in [0.25, 0.3) is 6.08 Å². The molecule has 0 fully saturated rings. The van der Waals surface area contributed by atoms with Crippen LogP contribution in [0.15, 0.2) is 60.7 Å². The average molecular weight is 388 g/mol. The predicted octanol–water partition coefficient (Wildman–Crippen LogP) is 4.76. The Bertz CT molecular complexity index is 717. The van der Waals surface area contributed by atoms with E-state index in [1.54, 1.807) is 12.1 Å². The van der Waals surface area contributed by atoms with E-state index in [0.717, 1.165) is 5.56 Å². The van der Waals surface area contributed by atoms with Gasteiger partial charge in [-0.1, -0.05) is 77.3 Å². The van der Waals surface area contributed by atoms with Gasteiger partial charge in [-0.3, -0.25) is 4.79 Å². The Hall–Kier alpha value is -1.75. The molecule has 0 saturated heterocycles. The SMILES string of the molecule is O=C(/C=C/c1ccccc1)N[C@@H](Nc1ccccc1F)C(Cl)(Cl)Cl. The molecule has 2 N–H and O–H groups in total. The van der Waals surface area contributed by atoms with E-state index in [9.17, 15) is 9.18 Å². The van der Waals surface area contributed by atoms with Gasteiger partial charge >= 0.3 is 0 Å². The maximum absolute atomic E-state index is 13.7. The molecule has 0 radical (unpaired) electrons. The Morgan fingerprint density at radius 3 is 2.29 bits per heavy atom. The molecule has 1 atom stereocenters. The molecule has 0 unspecified atom stereocenters. The second-order valence-electron chi connectivity index (χ2n) is 4.85. The Morgan fingerprint density at radius 1 is 1.04 bits per heavy atom. The highest BCUT2D eigenvalue weighted by atomic mass is 35.6. The van der Waals surface area contributed by atoms with E-state index in [4.69, 9.17) is 34.8 Å². The average Bonchev–Trinajstić information content (AvgIpc) is 2.54. The van der Waals surface area contributed by atoms with E-state index < -0.39 is 21.7 Å². The topological polar surface area (TPSA) is 41.1 Å². The number of carbonyl (C=O) groups is 1. The quantitative estimate of drug-likeness (QED) is 0.441. The molecular formula is C17H14Cl3FN2O. The molecule has 1 amide bonds. The van der Waals surface area contributed by atoms with Crippen molar-refractivity contribution in [1.29, 1.82) is 0 Å². The fraction of sp³-hybridized carbons (Fsp3) is 0.118. The van der Waals surface area contributed by atoms with Gasteiger partial charge in [0.15, 0.2) is 0 Å². The number of amides is 1. The van der Waals surface area contributed by atoms with E-state index >= 15 is 0 Å². The Labute approximate surface area is 154 Å². The Kier molecular flexibility index (Phi) is 6.49. The number of hydrogen-bond acceptors (Lipinski definition) is 2. The largest absolute Gasteiger partial charge is 0.359 e. The zero-order chi connectivity index (χ0) is 17.6. The number of alkyl halides is 3. The number of rotatable bonds is 5. The first-order chi connectivity index (χ1) is 11.4. The van der Waals surface area contributed by atoms with Gasteiger partial charge < -0.3 is 10.6 Å². The van der Waals surface area contributed by atoms with Crippen LogP contribution in [0.3, 0.4) is 0 Å². The molecule has 24 heavy (non-hydrogen) atoms. The van der Waals surface area contributed by atoms with Crippen molar-refractivity contribution in [2.75, 3.05) is 5.32 Å². The molecule has 0 heterocycles. The maximum Gasteiger partial charge on any atom is 0.245 e. The van der Waals surface area contributed by atoms with Crippen molar-refractivity contribution in [3.05, 3.63) is 72.1 Å². The number of halogens is 4. The molecule has 0 spiro atoms. The zero-order valence-electron chi connectivity index (χ0n) is 12.3. The third-order valence-electron chi connectivity index (χ3n) is 3.01. The third kappa shape index (κ3) is 5.71. The molecule has 2 aromatic rings. The van der Waals surface area contributed by atoms with Gasteiger partial charge in [0.05, 0.1) is 5.69 Å². The fourth-order valence-electron chi connectivity index (χ4n) is 1.86. The highest BCUT2D eigenvalue weighted by molar-refractivity contribution is 6.68. The van der Waals surface area contributed by atoms with Crippen molar-refractivity contribution < 1.29 is 9.18 Å². The van der Waals surface area contributed by atoms with Crippen LogP contribution >= 0.6 is 34.8 Å². The first-order valence-corrected chi connectivity index (χ1v) is 8.11. The van der Waals surface area contributed by atoms with Crippen LogP contribution in [0.1, 0.15) is 5.56 Å². The highest BCUT2D eigenvalue weighted by Gasteiger charge is 2.34. The summed E-state index contributed by atoms with van der Waals surface area (Å²) in [6.45, 7) is 0. The Morgan fingerprint density at radius 2 is 1.67 bits per heavy atom. The highest BCUT2D eigenvalue weighted by Crippen LogP contribution is 2.31. The lowest BCUT2D eigenvalue weighted by atomic mass is 10.2. The van der Waals surface area contributed by atoms with Gasteiger partial charge in [-0.2, -0.15) is 0 Å². The number of nitrogens with one attached hydrogen (secondary N) is 2. The van der Waals surface area contributed by atoms with Gasteiger partial charge in [0.25, 0.3) is 0 Å². The van der Waals surface area contributed by atoms with Crippen LogP contribution in [0.4, 0.5) is 10.1 Å². The number of para-hydroxylation sites is 1. The minimum atomic E-state index is -1.88. The molecule has 126 valence electrons. The standard InChI is InChI=1S/C17H14Cl3FN2O/c18-17(19,20)16(22-14-9-5-4-8-13(14)21)23-15(24)11-10-12-6-2-1-3-7-12/h1-11,16,22H,(H,23,24)/b11-10+/t16-/m1/s1. The second-order valence-corrected chi connectivity index (χ2v) is 7.22. The summed E-state index contributed by atoms with van der Waals surface area (Å²) in [7, 11) is 0. The van der Waals surface area contributed by atoms with Crippen molar-refractivity contribution in [3.63, 3.8) is 0 Å². The van der Waals surface area contributed by atoms with Crippen molar-refractivity contribution >= 4 is 52.5 Å². The molecular weight excluding hydrogens is 374 g/mol. The maximum atomic E-state index is 13.7. The van der Waals surface area contributed by atoms with Crippen LogP contribution in [-0.4, -0.2) is 15.9 Å². The molecule has 2 rings (SSSR count). The van der Waals surface area contributed by atoms with Crippen molar-refractivity contribution in [2.24, 2.45) is 0 Å². The second kappa shape index (κ2) is 8.38. The first kappa shape index (κ1) is 18.6.